The van der Waals surface area contributed by atoms with Crippen LogP contribution in [0.4, 0.5) is 0 Å². The van der Waals surface area contributed by atoms with Gasteiger partial charge in [0.05, 0.1) is 0 Å². The van der Waals surface area contributed by atoms with E-state index in [0.717, 1.165) is 0 Å². The summed E-state index contributed by atoms with van der Waals surface area (Å²) in [5.74, 6) is 0. The minimum atomic E-state index is -0.245. The van der Waals surface area contributed by atoms with Crippen LogP contribution in [-0.2, 0) is 16.0 Å². The van der Waals surface area contributed by atoms with E-state index in [9.17, 15) is 4.79 Å². The zero-order valence-corrected chi connectivity index (χ0v) is 6.81. The predicted octanol–water partition coefficient (Wildman–Crippen LogP) is 2.03. The van der Waals surface area contributed by atoms with Gasteiger partial charge in [-0.25, -0.2) is 0 Å². The Hall–Kier alpha value is -0.301. The van der Waals surface area contributed by atoms with Gasteiger partial charge in [0.15, 0.2) is 0 Å². The molecule has 0 spiro atoms. The van der Waals surface area contributed by atoms with Crippen LogP contribution in [0.3, 0.4) is 0 Å². The van der Waals surface area contributed by atoms with Crippen molar-refractivity contribution in [2.45, 2.75) is 0 Å². The van der Waals surface area contributed by atoms with Crippen molar-refractivity contribution in [3.05, 3.63) is 34.9 Å². The van der Waals surface area contributed by atoms with Gasteiger partial charge in [0.2, 0.25) is 0 Å². The zero-order chi connectivity index (χ0) is 7.56. The number of hydrogen-bond acceptors (Lipinski definition) is 1. The Labute approximate surface area is 72.2 Å². The van der Waals surface area contributed by atoms with Gasteiger partial charge in [-0.15, -0.1) is 0 Å². The third kappa shape index (κ3) is 1.60. The maximum atomic E-state index is 10.7. The number of carbonyl (C=O) groups excluding carboxylic acids is 1. The van der Waals surface area contributed by atoms with E-state index in [-0.39, 0.29) is 4.68 Å². The fraction of sp³-hybridized carbons (Fsp3) is 0. The van der Waals surface area contributed by atoms with Crippen LogP contribution in [0, 0.1) is 0 Å². The summed E-state index contributed by atoms with van der Waals surface area (Å²) < 4.78 is -0.245. The van der Waals surface area contributed by atoms with Crippen LogP contribution in [0.2, 0.25) is 5.02 Å². The molecule has 0 unspecified atom stereocenters. The SMILES string of the molecule is O=[C]([Fe])c1ccccc1Cl. The van der Waals surface area contributed by atoms with Crippen molar-refractivity contribution in [2.75, 3.05) is 0 Å². The molecule has 10 heavy (non-hydrogen) atoms. The Morgan fingerprint density at radius 1 is 1.40 bits per heavy atom. The van der Waals surface area contributed by atoms with E-state index in [2.05, 4.69) is 16.0 Å². The second-order valence-corrected chi connectivity index (χ2v) is 2.65. The number of rotatable bonds is 1. The summed E-state index contributed by atoms with van der Waals surface area (Å²) in [6, 6.07) is 6.84. The van der Waals surface area contributed by atoms with Gasteiger partial charge in [-0.05, 0) is 0 Å². The van der Waals surface area contributed by atoms with Crippen LogP contribution in [0.5, 0.6) is 0 Å². The molecule has 3 heteroatoms. The normalized spacial score (nSPS) is 9.40. The summed E-state index contributed by atoms with van der Waals surface area (Å²) >= 11 is 8.90. The van der Waals surface area contributed by atoms with Crippen LogP contribution in [0.25, 0.3) is 0 Å². The zero-order valence-electron chi connectivity index (χ0n) is 4.95. The van der Waals surface area contributed by atoms with Gasteiger partial charge >= 0.3 is 71.9 Å². The third-order valence-electron chi connectivity index (χ3n) is 1.08. The molecular weight excluding hydrogens is 191 g/mol. The molecule has 0 fully saturated rings. The van der Waals surface area contributed by atoms with Gasteiger partial charge in [0, 0.05) is 0 Å². The van der Waals surface area contributed by atoms with Crippen molar-refractivity contribution in [3.63, 3.8) is 0 Å². The van der Waals surface area contributed by atoms with E-state index in [0.29, 0.717) is 10.6 Å². The average molecular weight is 195 g/mol. The first-order valence-electron chi connectivity index (χ1n) is 2.65. The second-order valence-electron chi connectivity index (χ2n) is 1.74. The van der Waals surface area contributed by atoms with Gasteiger partial charge in [0.1, 0.15) is 0 Å². The predicted molar refractivity (Wildman–Crippen MR) is 35.8 cm³/mol. The van der Waals surface area contributed by atoms with E-state index in [1.165, 1.54) is 0 Å². The maximum absolute atomic E-state index is 10.7. The van der Waals surface area contributed by atoms with E-state index < -0.39 is 0 Å². The van der Waals surface area contributed by atoms with Gasteiger partial charge in [-0.2, -0.15) is 0 Å². The fourth-order valence-corrected chi connectivity index (χ4v) is 1.15. The van der Waals surface area contributed by atoms with Gasteiger partial charge in [-0.1, -0.05) is 0 Å². The molecular formula is C7H4ClFeO. The quantitative estimate of drug-likeness (QED) is 0.627. The molecule has 0 N–H and O–H groups in total. The number of halogens is 1. The third-order valence-corrected chi connectivity index (χ3v) is 1.71. The Kier molecular flexibility index (Phi) is 2.50. The molecule has 0 aliphatic rings. The van der Waals surface area contributed by atoms with Gasteiger partial charge in [0.25, 0.3) is 0 Å². The Balaban J connectivity index is 3.15. The van der Waals surface area contributed by atoms with E-state index in [4.69, 9.17) is 11.6 Å². The Bertz CT molecular complexity index is 260. The Morgan fingerprint density at radius 2 is 2.00 bits per heavy atom. The summed E-state index contributed by atoms with van der Waals surface area (Å²) in [5, 5.41) is 0.461. The molecule has 0 bridgehead atoms. The first kappa shape index (κ1) is 7.80. The van der Waals surface area contributed by atoms with Crippen molar-refractivity contribution >= 4 is 16.3 Å². The molecule has 0 aromatic heterocycles. The van der Waals surface area contributed by atoms with E-state index >= 15 is 0 Å². The van der Waals surface area contributed by atoms with Crippen molar-refractivity contribution in [1.29, 1.82) is 0 Å². The van der Waals surface area contributed by atoms with Crippen LogP contribution < -0.4 is 0 Å². The van der Waals surface area contributed by atoms with Crippen molar-refractivity contribution in [2.24, 2.45) is 0 Å². The molecule has 0 atom stereocenters. The average Bonchev–Trinajstić information content (AvgIpc) is 1.88. The topological polar surface area (TPSA) is 17.1 Å². The summed E-state index contributed by atoms with van der Waals surface area (Å²) in [6.45, 7) is 0. The molecule has 0 aliphatic carbocycles. The molecule has 1 aromatic rings. The first-order chi connectivity index (χ1) is 4.72. The molecule has 1 rings (SSSR count). The molecule has 1 nitrogen and oxygen atoms in total. The molecule has 0 heterocycles. The van der Waals surface area contributed by atoms with Crippen molar-refractivity contribution in [1.82, 2.24) is 0 Å². The van der Waals surface area contributed by atoms with Crippen LogP contribution in [0.15, 0.2) is 24.3 Å². The molecule has 0 amide bonds. The second kappa shape index (κ2) is 3.20. The summed E-state index contributed by atoms with van der Waals surface area (Å²) in [7, 11) is 0. The van der Waals surface area contributed by atoms with Crippen LogP contribution in [0.1, 0.15) is 10.4 Å². The Morgan fingerprint density at radius 3 is 2.40 bits per heavy atom. The standard InChI is InChI=1S/C7H4ClO.Fe/c8-7-4-2-1-3-6(7)5-9;/h1-4H;. The summed E-state index contributed by atoms with van der Waals surface area (Å²) in [6.07, 6.45) is 0. The monoisotopic (exact) mass is 195 g/mol. The molecule has 0 saturated carbocycles. The molecule has 53 valence electrons. The minimum absolute atomic E-state index is 0.245. The molecule has 0 saturated heterocycles. The fourth-order valence-electron chi connectivity index (χ4n) is 0.616. The first-order valence-corrected chi connectivity index (χ1v) is 3.58. The summed E-state index contributed by atoms with van der Waals surface area (Å²) in [5.41, 5.74) is 0.476. The number of hydrogen-bond donors (Lipinski definition) is 0. The van der Waals surface area contributed by atoms with Crippen LogP contribution in [-0.4, -0.2) is 4.68 Å². The van der Waals surface area contributed by atoms with Gasteiger partial charge < -0.3 is 0 Å². The van der Waals surface area contributed by atoms with Crippen molar-refractivity contribution in [3.8, 4) is 0 Å². The number of carbonyl (C=O) groups is 1. The van der Waals surface area contributed by atoms with Crippen molar-refractivity contribution < 1.29 is 20.8 Å². The van der Waals surface area contributed by atoms with Crippen LogP contribution >= 0.6 is 11.6 Å². The molecule has 0 radical (unpaired) electrons. The molecule has 1 aromatic carbocycles. The van der Waals surface area contributed by atoms with E-state index in [1.807, 2.05) is 0 Å². The van der Waals surface area contributed by atoms with E-state index in [1.54, 1.807) is 24.3 Å². The number of benzene rings is 1. The molecule has 0 aliphatic heterocycles. The summed E-state index contributed by atoms with van der Waals surface area (Å²) in [4.78, 5) is 10.7. The van der Waals surface area contributed by atoms with Gasteiger partial charge in [-0.3, -0.25) is 0 Å².